The first-order valence-electron chi connectivity index (χ1n) is 8.13. The van der Waals surface area contributed by atoms with E-state index in [1.165, 1.54) is 0 Å². The number of aromatic nitrogens is 2. The Morgan fingerprint density at radius 3 is 2.52 bits per heavy atom. The first kappa shape index (κ1) is 15.7. The molecule has 5 heteroatoms. The molecule has 0 aliphatic heterocycles. The lowest BCUT2D eigenvalue weighted by Crippen LogP contribution is -2.34. The summed E-state index contributed by atoms with van der Waals surface area (Å²) in [6.07, 6.45) is 8.02. The summed E-state index contributed by atoms with van der Waals surface area (Å²) in [5.74, 6) is 1.97. The number of ether oxygens (including phenoxy) is 1. The fraction of sp³-hybridized carbons (Fsp3) is 0.444. The Hall–Kier alpha value is -2.14. The van der Waals surface area contributed by atoms with E-state index in [4.69, 9.17) is 15.0 Å². The van der Waals surface area contributed by atoms with Gasteiger partial charge in [0.1, 0.15) is 5.75 Å². The average molecular weight is 313 g/mol. The molecule has 3 rings (SSSR count). The smallest absolute Gasteiger partial charge is 0.250 e. The first-order chi connectivity index (χ1) is 11.0. The summed E-state index contributed by atoms with van der Waals surface area (Å²) in [6, 6.07) is 7.89. The van der Waals surface area contributed by atoms with Crippen molar-refractivity contribution in [2.75, 3.05) is 0 Å². The van der Waals surface area contributed by atoms with Crippen LogP contribution in [0.15, 0.2) is 28.8 Å². The van der Waals surface area contributed by atoms with Crippen LogP contribution in [-0.4, -0.2) is 16.2 Å². The molecule has 122 valence electrons. The van der Waals surface area contributed by atoms with E-state index in [9.17, 15) is 0 Å². The summed E-state index contributed by atoms with van der Waals surface area (Å²) in [4.78, 5) is 4.42. The minimum Gasteiger partial charge on any atom is -0.491 e. The Balaban J connectivity index is 1.67. The van der Waals surface area contributed by atoms with Gasteiger partial charge in [-0.05, 0) is 50.5 Å². The summed E-state index contributed by atoms with van der Waals surface area (Å²) >= 11 is 0. The summed E-state index contributed by atoms with van der Waals surface area (Å²) in [5.41, 5.74) is 6.97. The van der Waals surface area contributed by atoms with E-state index in [1.807, 2.05) is 50.3 Å². The van der Waals surface area contributed by atoms with E-state index in [1.54, 1.807) is 0 Å². The number of hydrogen-bond donors (Lipinski definition) is 1. The van der Waals surface area contributed by atoms with Gasteiger partial charge in [0, 0.05) is 6.08 Å². The molecule has 1 aliphatic rings. The van der Waals surface area contributed by atoms with Gasteiger partial charge in [-0.15, -0.1) is 0 Å². The van der Waals surface area contributed by atoms with Crippen molar-refractivity contribution in [2.24, 2.45) is 5.73 Å². The summed E-state index contributed by atoms with van der Waals surface area (Å²) < 4.78 is 10.9. The highest BCUT2D eigenvalue weighted by Gasteiger charge is 2.35. The lowest BCUT2D eigenvalue weighted by atomic mass is 9.99. The molecule has 1 aromatic heterocycles. The maximum atomic E-state index is 6.33. The quantitative estimate of drug-likeness (QED) is 0.910. The molecule has 2 aromatic rings. The predicted molar refractivity (Wildman–Crippen MR) is 89.8 cm³/mol. The molecule has 1 aromatic carbocycles. The van der Waals surface area contributed by atoms with E-state index >= 15 is 0 Å². The summed E-state index contributed by atoms with van der Waals surface area (Å²) in [6.45, 7) is 4.02. The van der Waals surface area contributed by atoms with Gasteiger partial charge >= 0.3 is 0 Å². The molecule has 1 heterocycles. The molecule has 1 saturated carbocycles. The third kappa shape index (κ3) is 3.79. The number of benzene rings is 1. The number of hydrogen-bond acceptors (Lipinski definition) is 5. The van der Waals surface area contributed by atoms with E-state index in [0.29, 0.717) is 11.7 Å². The standard InChI is InChI=1S/C18H23N3O2/c1-13(2)22-15-8-5-14(6-9-15)7-10-16-20-17(21-23-16)18(19)11-3-4-12-18/h5-10,13H,3-4,11-12,19H2,1-2H3/b10-7+. The van der Waals surface area contributed by atoms with Crippen molar-refractivity contribution in [3.63, 3.8) is 0 Å². The summed E-state index contributed by atoms with van der Waals surface area (Å²) in [7, 11) is 0. The van der Waals surface area contributed by atoms with Crippen molar-refractivity contribution >= 4 is 12.2 Å². The van der Waals surface area contributed by atoms with Gasteiger partial charge in [-0.1, -0.05) is 30.1 Å². The molecule has 5 nitrogen and oxygen atoms in total. The first-order valence-corrected chi connectivity index (χ1v) is 8.13. The van der Waals surface area contributed by atoms with Crippen LogP contribution in [0, 0.1) is 0 Å². The maximum absolute atomic E-state index is 6.33. The van der Waals surface area contributed by atoms with Crippen molar-refractivity contribution in [1.29, 1.82) is 0 Å². The highest BCUT2D eigenvalue weighted by atomic mass is 16.5. The molecule has 0 saturated heterocycles. The van der Waals surface area contributed by atoms with Crippen molar-refractivity contribution in [3.8, 4) is 5.75 Å². The number of nitrogens with zero attached hydrogens (tertiary/aromatic N) is 2. The highest BCUT2D eigenvalue weighted by molar-refractivity contribution is 5.66. The summed E-state index contributed by atoms with van der Waals surface area (Å²) in [5, 5.41) is 4.05. The minimum atomic E-state index is -0.411. The topological polar surface area (TPSA) is 74.2 Å². The predicted octanol–water partition coefficient (Wildman–Crippen LogP) is 3.76. The van der Waals surface area contributed by atoms with Crippen molar-refractivity contribution in [2.45, 2.75) is 51.2 Å². The second-order valence-corrected chi connectivity index (χ2v) is 6.39. The van der Waals surface area contributed by atoms with Gasteiger partial charge in [0.05, 0.1) is 11.6 Å². The average Bonchev–Trinajstić information content (AvgIpc) is 3.16. The Bertz CT molecular complexity index is 668. The Kier molecular flexibility index (Phi) is 4.48. The van der Waals surface area contributed by atoms with Crippen LogP contribution in [0.1, 0.15) is 56.8 Å². The largest absolute Gasteiger partial charge is 0.491 e. The van der Waals surface area contributed by atoms with E-state index < -0.39 is 5.54 Å². The van der Waals surface area contributed by atoms with Gasteiger partial charge in [0.25, 0.3) is 5.89 Å². The second kappa shape index (κ2) is 6.54. The van der Waals surface area contributed by atoms with Crippen LogP contribution in [0.3, 0.4) is 0 Å². The number of rotatable bonds is 5. The van der Waals surface area contributed by atoms with Crippen molar-refractivity contribution < 1.29 is 9.26 Å². The Morgan fingerprint density at radius 1 is 1.17 bits per heavy atom. The molecule has 0 bridgehead atoms. The van der Waals surface area contributed by atoms with E-state index in [-0.39, 0.29) is 6.10 Å². The maximum Gasteiger partial charge on any atom is 0.250 e. The van der Waals surface area contributed by atoms with E-state index in [0.717, 1.165) is 37.0 Å². The Morgan fingerprint density at radius 2 is 1.87 bits per heavy atom. The fourth-order valence-corrected chi connectivity index (χ4v) is 2.83. The monoisotopic (exact) mass is 313 g/mol. The van der Waals surface area contributed by atoms with Crippen molar-refractivity contribution in [3.05, 3.63) is 41.5 Å². The molecular weight excluding hydrogens is 290 g/mol. The molecule has 0 unspecified atom stereocenters. The minimum absolute atomic E-state index is 0.173. The normalized spacial score (nSPS) is 17.2. The van der Waals surface area contributed by atoms with Crippen LogP contribution in [-0.2, 0) is 5.54 Å². The third-order valence-corrected chi connectivity index (χ3v) is 4.05. The highest BCUT2D eigenvalue weighted by Crippen LogP contribution is 2.34. The second-order valence-electron chi connectivity index (χ2n) is 6.39. The molecular formula is C18H23N3O2. The molecule has 0 radical (unpaired) electrons. The zero-order valence-electron chi connectivity index (χ0n) is 13.7. The van der Waals surface area contributed by atoms with Gasteiger partial charge in [-0.3, -0.25) is 0 Å². The third-order valence-electron chi connectivity index (χ3n) is 4.05. The van der Waals surface area contributed by atoms with E-state index in [2.05, 4.69) is 10.1 Å². The van der Waals surface area contributed by atoms with Crippen LogP contribution in [0.25, 0.3) is 12.2 Å². The van der Waals surface area contributed by atoms with Crippen LogP contribution < -0.4 is 10.5 Å². The van der Waals surface area contributed by atoms with Crippen LogP contribution >= 0.6 is 0 Å². The van der Waals surface area contributed by atoms with Crippen LogP contribution in [0.2, 0.25) is 0 Å². The molecule has 1 fully saturated rings. The van der Waals surface area contributed by atoms with Crippen molar-refractivity contribution in [1.82, 2.24) is 10.1 Å². The van der Waals surface area contributed by atoms with Gasteiger partial charge in [-0.2, -0.15) is 4.98 Å². The van der Waals surface area contributed by atoms with Crippen LogP contribution in [0.5, 0.6) is 5.75 Å². The molecule has 2 N–H and O–H groups in total. The lowest BCUT2D eigenvalue weighted by molar-refractivity contribution is 0.242. The lowest BCUT2D eigenvalue weighted by Gasteiger charge is -2.17. The Labute approximate surface area is 136 Å². The SMILES string of the molecule is CC(C)Oc1ccc(/C=C/c2nc(C3(N)CCCC3)no2)cc1. The van der Waals surface area contributed by atoms with Gasteiger partial charge in [-0.25, -0.2) is 0 Å². The molecule has 1 aliphatic carbocycles. The molecule has 23 heavy (non-hydrogen) atoms. The van der Waals surface area contributed by atoms with Crippen LogP contribution in [0.4, 0.5) is 0 Å². The molecule has 0 spiro atoms. The van der Waals surface area contributed by atoms with Gasteiger partial charge < -0.3 is 15.0 Å². The number of nitrogens with two attached hydrogens (primary N) is 1. The molecule has 0 atom stereocenters. The molecule has 0 amide bonds. The zero-order valence-corrected chi connectivity index (χ0v) is 13.7. The zero-order chi connectivity index (χ0) is 16.3. The van der Waals surface area contributed by atoms with Gasteiger partial charge in [0.2, 0.25) is 0 Å². The van der Waals surface area contributed by atoms with Gasteiger partial charge in [0.15, 0.2) is 5.82 Å². The fourth-order valence-electron chi connectivity index (χ4n) is 2.83.